The van der Waals surface area contributed by atoms with Gasteiger partial charge >= 0.3 is 0 Å². The number of fused-ring (bicyclic) bond motifs is 1. The second-order valence-electron chi connectivity index (χ2n) is 5.97. The third kappa shape index (κ3) is 3.83. The maximum Gasteiger partial charge on any atom is 0.257 e. The van der Waals surface area contributed by atoms with Crippen LogP contribution in [-0.4, -0.2) is 19.1 Å². The summed E-state index contributed by atoms with van der Waals surface area (Å²) >= 11 is 6.30. The number of halogens is 1. The maximum atomic E-state index is 12.9. The first-order valence-corrected chi connectivity index (χ1v) is 8.90. The number of benzene rings is 3. The maximum absolute atomic E-state index is 12.9. The van der Waals surface area contributed by atoms with Crippen LogP contribution in [0.2, 0.25) is 5.02 Å². The number of hydrogen-bond donors (Lipinski definition) is 2. The van der Waals surface area contributed by atoms with Crippen LogP contribution in [0.1, 0.15) is 10.4 Å². The molecule has 1 aliphatic heterocycles. The van der Waals surface area contributed by atoms with E-state index in [4.69, 9.17) is 21.1 Å². The number of carbonyl (C=O) groups is 1. The van der Waals surface area contributed by atoms with Gasteiger partial charge in [-0.15, -0.1) is 0 Å². The summed E-state index contributed by atoms with van der Waals surface area (Å²) in [5.41, 5.74) is 2.58. The lowest BCUT2D eigenvalue weighted by atomic mass is 10.1. The van der Waals surface area contributed by atoms with Crippen LogP contribution in [0, 0.1) is 0 Å². The molecule has 0 unspecified atom stereocenters. The molecule has 1 heterocycles. The number of hydrogen-bond acceptors (Lipinski definition) is 4. The quantitative estimate of drug-likeness (QED) is 0.660. The number of ether oxygens (including phenoxy) is 2. The molecule has 0 aromatic heterocycles. The van der Waals surface area contributed by atoms with E-state index in [1.807, 2.05) is 48.5 Å². The molecule has 0 bridgehead atoms. The third-order valence-electron chi connectivity index (χ3n) is 4.10. The molecule has 1 aliphatic rings. The van der Waals surface area contributed by atoms with Crippen molar-refractivity contribution in [3.05, 3.63) is 77.3 Å². The lowest BCUT2D eigenvalue weighted by molar-refractivity contribution is 0.102. The van der Waals surface area contributed by atoms with Gasteiger partial charge in [0.15, 0.2) is 11.5 Å². The van der Waals surface area contributed by atoms with Crippen molar-refractivity contribution in [2.45, 2.75) is 0 Å². The highest BCUT2D eigenvalue weighted by atomic mass is 35.5. The monoisotopic (exact) mass is 380 g/mol. The second-order valence-corrected chi connectivity index (χ2v) is 6.37. The number of rotatable bonds is 4. The Morgan fingerprint density at radius 1 is 0.852 bits per heavy atom. The predicted octanol–water partition coefficient (Wildman–Crippen LogP) is 5.11. The van der Waals surface area contributed by atoms with Gasteiger partial charge in [0, 0.05) is 17.8 Å². The summed E-state index contributed by atoms with van der Waals surface area (Å²) in [6.07, 6.45) is 0. The molecular formula is C21H17ClN2O3. The first kappa shape index (κ1) is 17.2. The summed E-state index contributed by atoms with van der Waals surface area (Å²) in [6, 6.07) is 20.3. The summed E-state index contributed by atoms with van der Waals surface area (Å²) in [7, 11) is 0. The van der Waals surface area contributed by atoms with Gasteiger partial charge in [-0.05, 0) is 24.3 Å². The average Bonchev–Trinajstić information content (AvgIpc) is 2.70. The highest BCUT2D eigenvalue weighted by Crippen LogP contribution is 2.38. The van der Waals surface area contributed by atoms with Crippen LogP contribution in [0.25, 0.3) is 0 Å². The van der Waals surface area contributed by atoms with Crippen molar-refractivity contribution >= 4 is 34.6 Å². The molecule has 0 fully saturated rings. The van der Waals surface area contributed by atoms with E-state index in [-0.39, 0.29) is 5.91 Å². The van der Waals surface area contributed by atoms with Crippen molar-refractivity contribution in [3.63, 3.8) is 0 Å². The second kappa shape index (κ2) is 7.60. The Bertz CT molecular complexity index is 976. The molecule has 3 aromatic rings. The molecule has 5 nitrogen and oxygen atoms in total. The molecule has 4 rings (SSSR count). The van der Waals surface area contributed by atoms with Crippen LogP contribution < -0.4 is 20.1 Å². The summed E-state index contributed by atoms with van der Waals surface area (Å²) in [5.74, 6) is 0.875. The van der Waals surface area contributed by atoms with Crippen molar-refractivity contribution in [2.24, 2.45) is 0 Å². The van der Waals surface area contributed by atoms with E-state index in [9.17, 15) is 4.79 Å². The van der Waals surface area contributed by atoms with Gasteiger partial charge in [0.1, 0.15) is 13.2 Å². The lowest BCUT2D eigenvalue weighted by Gasteiger charge is -2.20. The molecule has 3 aromatic carbocycles. The third-order valence-corrected chi connectivity index (χ3v) is 4.42. The van der Waals surface area contributed by atoms with Crippen LogP contribution >= 0.6 is 11.6 Å². The van der Waals surface area contributed by atoms with E-state index < -0.39 is 0 Å². The highest BCUT2D eigenvalue weighted by Gasteiger charge is 2.18. The number of nitrogens with one attached hydrogen (secondary N) is 2. The summed E-state index contributed by atoms with van der Waals surface area (Å²) in [4.78, 5) is 12.9. The van der Waals surface area contributed by atoms with E-state index in [0.29, 0.717) is 46.7 Å². The summed E-state index contributed by atoms with van der Waals surface area (Å²) < 4.78 is 11.1. The number of amides is 1. The van der Waals surface area contributed by atoms with E-state index in [1.165, 1.54) is 0 Å². The Morgan fingerprint density at radius 2 is 1.52 bits per heavy atom. The van der Waals surface area contributed by atoms with Crippen LogP contribution in [0.5, 0.6) is 11.5 Å². The zero-order valence-electron chi connectivity index (χ0n) is 14.4. The fourth-order valence-corrected chi connectivity index (χ4v) is 3.02. The van der Waals surface area contributed by atoms with E-state index in [2.05, 4.69) is 10.6 Å². The SMILES string of the molecule is O=C(Nc1cc2c(cc1Cl)OCCO2)c1ccccc1Nc1ccccc1. The fraction of sp³-hybridized carbons (Fsp3) is 0.0952. The van der Waals surface area contributed by atoms with Crippen LogP contribution in [0.15, 0.2) is 66.7 Å². The first-order valence-electron chi connectivity index (χ1n) is 8.52. The van der Waals surface area contributed by atoms with E-state index >= 15 is 0 Å². The van der Waals surface area contributed by atoms with Crippen molar-refractivity contribution in [2.75, 3.05) is 23.8 Å². The minimum atomic E-state index is -0.271. The molecule has 0 atom stereocenters. The zero-order valence-corrected chi connectivity index (χ0v) is 15.1. The van der Waals surface area contributed by atoms with Crippen LogP contribution in [0.3, 0.4) is 0 Å². The predicted molar refractivity (Wildman–Crippen MR) is 107 cm³/mol. The number of para-hydroxylation sites is 2. The first-order chi connectivity index (χ1) is 13.2. The van der Waals surface area contributed by atoms with Crippen LogP contribution in [0.4, 0.5) is 17.1 Å². The van der Waals surface area contributed by atoms with Gasteiger partial charge in [0.05, 0.1) is 22.0 Å². The Hall–Kier alpha value is -3.18. The van der Waals surface area contributed by atoms with Gasteiger partial charge in [-0.3, -0.25) is 4.79 Å². The molecule has 0 aliphatic carbocycles. The smallest absolute Gasteiger partial charge is 0.257 e. The summed E-state index contributed by atoms with van der Waals surface area (Å²) in [5, 5.41) is 6.51. The normalized spacial score (nSPS) is 12.3. The molecule has 1 amide bonds. The highest BCUT2D eigenvalue weighted by molar-refractivity contribution is 6.34. The summed E-state index contributed by atoms with van der Waals surface area (Å²) in [6.45, 7) is 0.944. The van der Waals surface area contributed by atoms with Gasteiger partial charge in [-0.1, -0.05) is 41.9 Å². The molecular weight excluding hydrogens is 364 g/mol. The minimum Gasteiger partial charge on any atom is -0.486 e. The molecule has 6 heteroatoms. The Labute approximate surface area is 161 Å². The van der Waals surface area contributed by atoms with E-state index in [1.54, 1.807) is 18.2 Å². The number of anilines is 3. The molecule has 0 spiro atoms. The van der Waals surface area contributed by atoms with Gasteiger partial charge in [-0.25, -0.2) is 0 Å². The fourth-order valence-electron chi connectivity index (χ4n) is 2.82. The largest absolute Gasteiger partial charge is 0.486 e. The van der Waals surface area contributed by atoms with Gasteiger partial charge in [0.25, 0.3) is 5.91 Å². The molecule has 0 saturated carbocycles. The average molecular weight is 381 g/mol. The molecule has 0 radical (unpaired) electrons. The van der Waals surface area contributed by atoms with Gasteiger partial charge < -0.3 is 20.1 Å². The van der Waals surface area contributed by atoms with Gasteiger partial charge in [-0.2, -0.15) is 0 Å². The molecule has 27 heavy (non-hydrogen) atoms. The Kier molecular flexibility index (Phi) is 4.85. The zero-order chi connectivity index (χ0) is 18.6. The standard InChI is InChI=1S/C21H17ClN2O3/c22-16-12-19-20(27-11-10-26-19)13-18(16)24-21(25)15-8-4-5-9-17(15)23-14-6-2-1-3-7-14/h1-9,12-13,23H,10-11H2,(H,24,25). The van der Waals surface area contributed by atoms with Crippen molar-refractivity contribution in [1.82, 2.24) is 0 Å². The Balaban J connectivity index is 1.59. The van der Waals surface area contributed by atoms with Crippen molar-refractivity contribution in [3.8, 4) is 11.5 Å². The van der Waals surface area contributed by atoms with Crippen molar-refractivity contribution < 1.29 is 14.3 Å². The molecule has 0 saturated heterocycles. The number of carbonyl (C=O) groups excluding carboxylic acids is 1. The van der Waals surface area contributed by atoms with E-state index in [0.717, 1.165) is 5.69 Å². The topological polar surface area (TPSA) is 59.6 Å². The molecule has 136 valence electrons. The van der Waals surface area contributed by atoms with Crippen LogP contribution in [-0.2, 0) is 0 Å². The van der Waals surface area contributed by atoms with Crippen molar-refractivity contribution in [1.29, 1.82) is 0 Å². The molecule has 2 N–H and O–H groups in total. The minimum absolute atomic E-state index is 0.271. The lowest BCUT2D eigenvalue weighted by Crippen LogP contribution is -2.17. The van der Waals surface area contributed by atoms with Gasteiger partial charge in [0.2, 0.25) is 0 Å². The Morgan fingerprint density at radius 3 is 2.30 bits per heavy atom.